The number of hydrogen-bond acceptors (Lipinski definition) is 4. The fourth-order valence-corrected chi connectivity index (χ4v) is 1.33. The average molecular weight is 229 g/mol. The molecular formula is C9H6F3N3O. The molecule has 0 saturated heterocycles. The lowest BCUT2D eigenvalue weighted by molar-refractivity contribution is -0.136. The van der Waals surface area contributed by atoms with Crippen LogP contribution < -0.4 is 4.74 Å². The van der Waals surface area contributed by atoms with E-state index in [-0.39, 0.29) is 16.8 Å². The zero-order chi connectivity index (χ0) is 11.8. The lowest BCUT2D eigenvalue weighted by atomic mass is 10.2. The third-order valence-corrected chi connectivity index (χ3v) is 2.01. The Morgan fingerprint density at radius 3 is 2.56 bits per heavy atom. The van der Waals surface area contributed by atoms with Crippen molar-refractivity contribution < 1.29 is 17.9 Å². The summed E-state index contributed by atoms with van der Waals surface area (Å²) in [6, 6.07) is 0. The first-order valence-corrected chi connectivity index (χ1v) is 4.24. The number of methoxy groups -OCH3 is 1. The summed E-state index contributed by atoms with van der Waals surface area (Å²) in [6.45, 7) is 0. The minimum Gasteiger partial charge on any atom is -0.479 e. The number of rotatable bonds is 1. The van der Waals surface area contributed by atoms with Crippen LogP contribution in [0.4, 0.5) is 13.2 Å². The van der Waals surface area contributed by atoms with E-state index in [1.165, 1.54) is 7.11 Å². The van der Waals surface area contributed by atoms with Crippen LogP contribution in [0.1, 0.15) is 5.56 Å². The van der Waals surface area contributed by atoms with Crippen molar-refractivity contribution in [2.75, 3.05) is 7.11 Å². The zero-order valence-electron chi connectivity index (χ0n) is 8.12. The Kier molecular flexibility index (Phi) is 2.37. The van der Waals surface area contributed by atoms with Crippen molar-refractivity contribution in [3.8, 4) is 5.88 Å². The quantitative estimate of drug-likeness (QED) is 0.750. The van der Waals surface area contributed by atoms with E-state index in [9.17, 15) is 13.2 Å². The van der Waals surface area contributed by atoms with Gasteiger partial charge in [-0.2, -0.15) is 13.2 Å². The molecule has 7 heteroatoms. The number of halogens is 3. The highest BCUT2D eigenvalue weighted by molar-refractivity contribution is 5.85. The van der Waals surface area contributed by atoms with Crippen molar-refractivity contribution in [3.63, 3.8) is 0 Å². The zero-order valence-corrected chi connectivity index (χ0v) is 8.12. The molecule has 0 unspecified atom stereocenters. The smallest absolute Gasteiger partial charge is 0.418 e. The van der Waals surface area contributed by atoms with Crippen molar-refractivity contribution >= 4 is 10.9 Å². The third kappa shape index (κ3) is 1.64. The largest absolute Gasteiger partial charge is 0.479 e. The summed E-state index contributed by atoms with van der Waals surface area (Å²) in [5, 5.41) is -0.123. The van der Waals surface area contributed by atoms with Crippen LogP contribution in [0.2, 0.25) is 0 Å². The van der Waals surface area contributed by atoms with Crippen molar-refractivity contribution in [1.82, 2.24) is 15.0 Å². The summed E-state index contributed by atoms with van der Waals surface area (Å²) in [5.74, 6) is 0.0467. The second kappa shape index (κ2) is 3.58. The Labute approximate surface area is 88.1 Å². The Balaban J connectivity index is 2.80. The van der Waals surface area contributed by atoms with Gasteiger partial charge in [0.15, 0.2) is 0 Å². The van der Waals surface area contributed by atoms with E-state index in [0.29, 0.717) is 6.20 Å². The Morgan fingerprint density at radius 2 is 1.94 bits per heavy atom. The molecule has 2 aromatic rings. The predicted molar refractivity (Wildman–Crippen MR) is 48.9 cm³/mol. The number of pyridine rings is 1. The average Bonchev–Trinajstić information content (AvgIpc) is 2.26. The third-order valence-electron chi connectivity index (χ3n) is 2.01. The van der Waals surface area contributed by atoms with Crippen LogP contribution in [0.15, 0.2) is 18.7 Å². The van der Waals surface area contributed by atoms with Crippen LogP contribution in [0.5, 0.6) is 5.88 Å². The molecule has 0 aromatic carbocycles. The first kappa shape index (κ1) is 10.6. The van der Waals surface area contributed by atoms with E-state index in [4.69, 9.17) is 4.74 Å². The van der Waals surface area contributed by atoms with Crippen LogP contribution in [-0.4, -0.2) is 22.1 Å². The number of aromatic nitrogens is 3. The number of nitrogens with zero attached hydrogens (tertiary/aromatic N) is 3. The molecule has 0 aliphatic heterocycles. The Morgan fingerprint density at radius 1 is 1.19 bits per heavy atom. The summed E-state index contributed by atoms with van der Waals surface area (Å²) >= 11 is 0. The Hall–Kier alpha value is -1.92. The molecule has 2 aromatic heterocycles. The van der Waals surface area contributed by atoms with Gasteiger partial charge in [-0.3, -0.25) is 0 Å². The molecule has 0 N–H and O–H groups in total. The molecule has 4 nitrogen and oxygen atoms in total. The number of ether oxygens (including phenoxy) is 1. The van der Waals surface area contributed by atoms with Gasteiger partial charge in [-0.1, -0.05) is 0 Å². The van der Waals surface area contributed by atoms with Crippen LogP contribution in [0, 0.1) is 0 Å². The van der Waals surface area contributed by atoms with Gasteiger partial charge in [0.2, 0.25) is 5.88 Å². The van der Waals surface area contributed by atoms with Crippen molar-refractivity contribution in [2.45, 2.75) is 6.18 Å². The standard InChI is InChI=1S/C9H6F3N3O/c1-16-8-7-5(2-13-4-15-7)6(3-14-8)9(10,11)12/h2-4H,1H3. The van der Waals surface area contributed by atoms with Crippen molar-refractivity contribution in [3.05, 3.63) is 24.3 Å². The molecule has 0 fully saturated rings. The van der Waals surface area contributed by atoms with Crippen LogP contribution in [-0.2, 0) is 6.18 Å². The fraction of sp³-hybridized carbons (Fsp3) is 0.222. The predicted octanol–water partition coefficient (Wildman–Crippen LogP) is 2.05. The van der Waals surface area contributed by atoms with E-state index in [1.807, 2.05) is 0 Å². The maximum Gasteiger partial charge on any atom is 0.418 e. The molecule has 0 saturated carbocycles. The molecule has 0 spiro atoms. The van der Waals surface area contributed by atoms with Gasteiger partial charge in [-0.25, -0.2) is 15.0 Å². The molecule has 2 heterocycles. The van der Waals surface area contributed by atoms with Crippen molar-refractivity contribution in [2.24, 2.45) is 0 Å². The fourth-order valence-electron chi connectivity index (χ4n) is 1.33. The number of alkyl halides is 3. The molecule has 0 aliphatic carbocycles. The van der Waals surface area contributed by atoms with E-state index in [1.54, 1.807) is 0 Å². The summed E-state index contributed by atoms with van der Waals surface area (Å²) in [5.41, 5.74) is -0.823. The van der Waals surface area contributed by atoms with E-state index in [0.717, 1.165) is 12.5 Å². The van der Waals surface area contributed by atoms with E-state index in [2.05, 4.69) is 15.0 Å². The SMILES string of the molecule is COc1ncc(C(F)(F)F)c2cncnc12. The van der Waals surface area contributed by atoms with E-state index < -0.39 is 11.7 Å². The minimum atomic E-state index is -4.48. The monoisotopic (exact) mass is 229 g/mol. The van der Waals surface area contributed by atoms with Gasteiger partial charge in [-0.15, -0.1) is 0 Å². The van der Waals surface area contributed by atoms with Gasteiger partial charge in [0, 0.05) is 17.8 Å². The molecule has 0 bridgehead atoms. The van der Waals surface area contributed by atoms with Crippen LogP contribution >= 0.6 is 0 Å². The molecule has 0 aliphatic rings. The number of hydrogen-bond donors (Lipinski definition) is 0. The lowest BCUT2D eigenvalue weighted by Crippen LogP contribution is -2.08. The molecule has 84 valence electrons. The van der Waals surface area contributed by atoms with Gasteiger partial charge >= 0.3 is 6.18 Å². The highest BCUT2D eigenvalue weighted by atomic mass is 19.4. The summed E-state index contributed by atoms with van der Waals surface area (Å²) in [6.07, 6.45) is -1.53. The highest BCUT2D eigenvalue weighted by Crippen LogP contribution is 2.35. The number of fused-ring (bicyclic) bond motifs is 1. The first-order chi connectivity index (χ1) is 7.54. The molecule has 0 amide bonds. The second-order valence-corrected chi connectivity index (χ2v) is 2.96. The summed E-state index contributed by atoms with van der Waals surface area (Å²) < 4.78 is 42.7. The van der Waals surface area contributed by atoms with E-state index >= 15 is 0 Å². The topological polar surface area (TPSA) is 47.9 Å². The molecule has 0 atom stereocenters. The van der Waals surface area contributed by atoms with Crippen LogP contribution in [0.25, 0.3) is 10.9 Å². The molecular weight excluding hydrogens is 223 g/mol. The molecule has 16 heavy (non-hydrogen) atoms. The van der Waals surface area contributed by atoms with Crippen LogP contribution in [0.3, 0.4) is 0 Å². The highest BCUT2D eigenvalue weighted by Gasteiger charge is 2.34. The molecule has 0 radical (unpaired) electrons. The summed E-state index contributed by atoms with van der Waals surface area (Å²) in [7, 11) is 1.32. The Bertz CT molecular complexity index is 527. The van der Waals surface area contributed by atoms with Gasteiger partial charge in [-0.05, 0) is 0 Å². The summed E-state index contributed by atoms with van der Waals surface area (Å²) in [4.78, 5) is 10.9. The lowest BCUT2D eigenvalue weighted by Gasteiger charge is -2.10. The minimum absolute atomic E-state index is 0.0467. The van der Waals surface area contributed by atoms with Gasteiger partial charge in [0.1, 0.15) is 11.8 Å². The molecule has 2 rings (SSSR count). The van der Waals surface area contributed by atoms with Gasteiger partial charge < -0.3 is 4.74 Å². The van der Waals surface area contributed by atoms with Gasteiger partial charge in [0.25, 0.3) is 0 Å². The second-order valence-electron chi connectivity index (χ2n) is 2.96. The first-order valence-electron chi connectivity index (χ1n) is 4.24. The van der Waals surface area contributed by atoms with Crippen molar-refractivity contribution in [1.29, 1.82) is 0 Å². The van der Waals surface area contributed by atoms with Gasteiger partial charge in [0.05, 0.1) is 12.7 Å². The normalized spacial score (nSPS) is 11.8. The maximum absolute atomic E-state index is 12.6. The maximum atomic E-state index is 12.6.